The summed E-state index contributed by atoms with van der Waals surface area (Å²) >= 11 is 0. The van der Waals surface area contributed by atoms with E-state index in [-0.39, 0.29) is 40.0 Å². The van der Waals surface area contributed by atoms with Gasteiger partial charge in [-0.1, -0.05) is 12.8 Å². The Balaban J connectivity index is 0.000000980. The molecule has 0 unspecified atom stereocenters. The zero-order chi connectivity index (χ0) is 8.93. The molecule has 0 atom stereocenters. The predicted octanol–water partition coefficient (Wildman–Crippen LogP) is -0.431. The first-order valence-corrected chi connectivity index (χ1v) is 5.02. The number of ether oxygens (including phenoxy) is 1. The minimum Gasteiger partial charge on any atom is -1.00 e. The molecule has 0 saturated heterocycles. The molecule has 1 fully saturated rings. The number of rotatable bonds is 3. The molecule has 2 rings (SSSR count). The van der Waals surface area contributed by atoms with Crippen molar-refractivity contribution >= 4 is 23.1 Å². The van der Waals surface area contributed by atoms with Gasteiger partial charge in [-0.3, -0.25) is 0 Å². The van der Waals surface area contributed by atoms with Crippen molar-refractivity contribution in [2.75, 3.05) is 0 Å². The van der Waals surface area contributed by atoms with Gasteiger partial charge in [-0.05, 0) is 12.8 Å². The second-order valence-corrected chi connectivity index (χ2v) is 3.63. The van der Waals surface area contributed by atoms with Gasteiger partial charge >= 0.3 is 23.1 Å². The van der Waals surface area contributed by atoms with Gasteiger partial charge < -0.3 is 21.7 Å². The zero-order valence-electron chi connectivity index (χ0n) is 8.92. The Labute approximate surface area is 119 Å². The van der Waals surface area contributed by atoms with Crippen molar-refractivity contribution in [1.82, 2.24) is 0 Å². The Hall–Kier alpha value is 0.426. The van der Waals surface area contributed by atoms with Crippen molar-refractivity contribution in [3.8, 4) is 0 Å². The number of hydrogen-bond acceptors (Lipinski definition) is 1. The van der Waals surface area contributed by atoms with Crippen molar-refractivity contribution in [3.63, 3.8) is 0 Å². The van der Waals surface area contributed by atoms with Gasteiger partial charge in [0.1, 0.15) is 0 Å². The minimum absolute atomic E-state index is 0. The van der Waals surface area contributed by atoms with E-state index < -0.39 is 0 Å². The molecule has 0 N–H and O–H groups in total. The summed E-state index contributed by atoms with van der Waals surface area (Å²) < 4.78 is 5.78. The maximum Gasteiger partial charge on any atom is 2.00 e. The number of benzene rings is 1. The van der Waals surface area contributed by atoms with E-state index in [1.54, 1.807) is 0 Å². The second-order valence-electron chi connectivity index (χ2n) is 3.63. The van der Waals surface area contributed by atoms with Crippen LogP contribution in [-0.4, -0.2) is 29.2 Å². The Morgan fingerprint density at radius 3 is 2.40 bits per heavy atom. The fourth-order valence-electron chi connectivity index (χ4n) is 1.79. The third kappa shape index (κ3) is 5.34. The molecule has 0 heterocycles. The van der Waals surface area contributed by atoms with E-state index >= 15 is 0 Å². The summed E-state index contributed by atoms with van der Waals surface area (Å²) in [4.78, 5) is 0. The standard InChI is InChI=1S/C12H15O.BrH.Mg/c1-2-6-11(7-3-1)10-13-12-8-4-5-9-12;;/h2-3,6-7,12H,4-5,8-10H2;1H;/q-1;;+2/p-1. The van der Waals surface area contributed by atoms with Crippen molar-refractivity contribution in [3.05, 3.63) is 35.9 Å². The molecule has 0 spiro atoms. The van der Waals surface area contributed by atoms with Gasteiger partial charge in [-0.2, -0.15) is 30.3 Å². The second kappa shape index (κ2) is 8.56. The predicted molar refractivity (Wildman–Crippen MR) is 58.1 cm³/mol. The van der Waals surface area contributed by atoms with Crippen LogP contribution in [0.1, 0.15) is 31.2 Å². The van der Waals surface area contributed by atoms with Crippen LogP contribution in [0.4, 0.5) is 0 Å². The van der Waals surface area contributed by atoms with Gasteiger partial charge in [0.25, 0.3) is 0 Å². The summed E-state index contributed by atoms with van der Waals surface area (Å²) in [5, 5.41) is 0. The molecule has 3 heteroatoms. The van der Waals surface area contributed by atoms with Crippen molar-refractivity contribution in [1.29, 1.82) is 0 Å². The summed E-state index contributed by atoms with van der Waals surface area (Å²) in [6, 6.07) is 11.0. The molecule has 15 heavy (non-hydrogen) atoms. The summed E-state index contributed by atoms with van der Waals surface area (Å²) in [5.74, 6) is 0. The van der Waals surface area contributed by atoms with E-state index in [1.807, 2.05) is 12.1 Å². The van der Waals surface area contributed by atoms with Crippen LogP contribution in [0, 0.1) is 6.07 Å². The Kier molecular flexibility index (Phi) is 8.81. The molecule has 0 bridgehead atoms. The molecule has 1 aromatic rings. The summed E-state index contributed by atoms with van der Waals surface area (Å²) in [6.45, 7) is 0.763. The third-order valence-electron chi connectivity index (χ3n) is 2.58. The van der Waals surface area contributed by atoms with E-state index in [0.29, 0.717) is 6.10 Å². The van der Waals surface area contributed by atoms with Gasteiger partial charge in [0, 0.05) is 0 Å². The molecule has 78 valence electrons. The Bertz CT molecular complexity index is 247. The SMILES string of the molecule is [Br-].[Mg+2].[c-]1ccc(COC2CCCC2)cc1. The maximum absolute atomic E-state index is 5.78. The van der Waals surface area contributed by atoms with Crippen LogP contribution in [0.2, 0.25) is 0 Å². The average Bonchev–Trinajstić information content (AvgIpc) is 2.69. The molecule has 0 amide bonds. The van der Waals surface area contributed by atoms with Crippen LogP contribution in [-0.2, 0) is 11.3 Å². The molecule has 1 aromatic carbocycles. The van der Waals surface area contributed by atoms with Crippen molar-refractivity contribution in [2.45, 2.75) is 38.4 Å². The van der Waals surface area contributed by atoms with Crippen LogP contribution < -0.4 is 17.0 Å². The molecule has 0 aliphatic heterocycles. The monoisotopic (exact) mass is 278 g/mol. The van der Waals surface area contributed by atoms with Crippen molar-refractivity contribution < 1.29 is 21.7 Å². The van der Waals surface area contributed by atoms with Crippen molar-refractivity contribution in [2.24, 2.45) is 0 Å². The largest absolute Gasteiger partial charge is 2.00 e. The summed E-state index contributed by atoms with van der Waals surface area (Å²) in [6.07, 6.45) is 5.70. The molecular formula is C12H15BrMgO. The zero-order valence-corrected chi connectivity index (χ0v) is 11.9. The van der Waals surface area contributed by atoms with Crippen LogP contribution in [0.25, 0.3) is 0 Å². The number of halogens is 1. The molecular weight excluding hydrogens is 264 g/mol. The molecule has 1 nitrogen and oxygen atoms in total. The van der Waals surface area contributed by atoms with E-state index in [1.165, 1.54) is 31.2 Å². The molecule has 1 saturated carbocycles. The molecule has 1 aliphatic carbocycles. The molecule has 0 aromatic heterocycles. The first-order chi connectivity index (χ1) is 6.45. The van der Waals surface area contributed by atoms with Gasteiger partial charge in [-0.15, -0.1) is 5.56 Å². The average molecular weight is 279 g/mol. The molecule has 1 aliphatic rings. The Morgan fingerprint density at radius 1 is 1.20 bits per heavy atom. The van der Waals surface area contributed by atoms with Gasteiger partial charge in [0.15, 0.2) is 0 Å². The Morgan fingerprint density at radius 2 is 1.80 bits per heavy atom. The summed E-state index contributed by atoms with van der Waals surface area (Å²) in [7, 11) is 0. The summed E-state index contributed by atoms with van der Waals surface area (Å²) in [5.41, 5.74) is 1.26. The van der Waals surface area contributed by atoms with Crippen LogP contribution >= 0.6 is 0 Å². The van der Waals surface area contributed by atoms with E-state index in [2.05, 4.69) is 18.2 Å². The van der Waals surface area contributed by atoms with E-state index in [9.17, 15) is 0 Å². The number of hydrogen-bond donors (Lipinski definition) is 0. The minimum atomic E-state index is 0. The smallest absolute Gasteiger partial charge is 1.00 e. The van der Waals surface area contributed by atoms with Gasteiger partial charge in [-0.25, -0.2) is 0 Å². The fraction of sp³-hybridized carbons (Fsp3) is 0.500. The van der Waals surface area contributed by atoms with Gasteiger partial charge in [0.05, 0.1) is 12.7 Å². The van der Waals surface area contributed by atoms with Crippen LogP contribution in [0.3, 0.4) is 0 Å². The van der Waals surface area contributed by atoms with E-state index in [0.717, 1.165) is 6.61 Å². The van der Waals surface area contributed by atoms with Crippen LogP contribution in [0.5, 0.6) is 0 Å². The fourth-order valence-corrected chi connectivity index (χ4v) is 1.79. The third-order valence-corrected chi connectivity index (χ3v) is 2.58. The first kappa shape index (κ1) is 15.4. The molecule has 0 radical (unpaired) electrons. The van der Waals surface area contributed by atoms with Crippen LogP contribution in [0.15, 0.2) is 24.3 Å². The topological polar surface area (TPSA) is 9.23 Å². The quantitative estimate of drug-likeness (QED) is 0.539. The first-order valence-electron chi connectivity index (χ1n) is 5.02. The maximum atomic E-state index is 5.78. The normalized spacial score (nSPS) is 15.5. The van der Waals surface area contributed by atoms with E-state index in [4.69, 9.17) is 4.74 Å². The van der Waals surface area contributed by atoms with Gasteiger partial charge in [0.2, 0.25) is 0 Å².